The Kier molecular flexibility index (Phi) is 4.31. The van der Waals surface area contributed by atoms with Crippen LogP contribution in [-0.4, -0.2) is 0 Å². The first-order valence-electron chi connectivity index (χ1n) is 5.04. The van der Waals surface area contributed by atoms with Gasteiger partial charge in [0.2, 0.25) is 0 Å². The molecule has 2 aromatic carbocycles. The lowest BCUT2D eigenvalue weighted by atomic mass is 10.00. The van der Waals surface area contributed by atoms with Gasteiger partial charge in [0.1, 0.15) is 0 Å². The Labute approximate surface area is 124 Å². The second-order valence-electron chi connectivity index (χ2n) is 3.70. The second kappa shape index (κ2) is 5.57. The summed E-state index contributed by atoms with van der Waals surface area (Å²) < 4.78 is 1.10. The highest BCUT2D eigenvalue weighted by Gasteiger charge is 2.12. The molecule has 2 aromatic rings. The minimum Gasteiger partial charge on any atom is -0.320 e. The molecule has 0 aliphatic heterocycles. The maximum Gasteiger partial charge on any atom is 0.0563 e. The molecule has 0 aliphatic rings. The third-order valence-corrected chi connectivity index (χ3v) is 3.95. The van der Waals surface area contributed by atoms with E-state index in [0.717, 1.165) is 14.7 Å². The van der Waals surface area contributed by atoms with Crippen molar-refractivity contribution in [1.29, 1.82) is 0 Å². The molecular weight excluding hydrogens is 368 g/mol. The van der Waals surface area contributed by atoms with Crippen LogP contribution in [0.15, 0.2) is 42.5 Å². The lowest BCUT2D eigenvalue weighted by molar-refractivity contribution is 0.865. The van der Waals surface area contributed by atoms with E-state index in [4.69, 9.17) is 28.9 Å². The minimum absolute atomic E-state index is 0.209. The number of rotatable bonds is 2. The highest BCUT2D eigenvalue weighted by atomic mass is 127. The van der Waals surface area contributed by atoms with Crippen LogP contribution in [0.5, 0.6) is 0 Å². The Morgan fingerprint density at radius 2 is 1.71 bits per heavy atom. The zero-order valence-electron chi connectivity index (χ0n) is 8.83. The SMILES string of the molecule is NC(c1cccc(Cl)c1)c1cc(Cl)ccc1I. The molecule has 0 aromatic heterocycles. The van der Waals surface area contributed by atoms with Gasteiger partial charge in [0, 0.05) is 13.6 Å². The first-order chi connectivity index (χ1) is 8.08. The number of halogens is 3. The van der Waals surface area contributed by atoms with Gasteiger partial charge in [0.05, 0.1) is 6.04 Å². The molecule has 1 nitrogen and oxygen atoms in total. The molecule has 1 atom stereocenters. The molecular formula is C13H10Cl2IN. The Hall–Kier alpha value is -0.290. The topological polar surface area (TPSA) is 26.0 Å². The summed E-state index contributed by atoms with van der Waals surface area (Å²) in [4.78, 5) is 0. The van der Waals surface area contributed by atoms with E-state index < -0.39 is 0 Å². The molecule has 0 aliphatic carbocycles. The Bertz CT molecular complexity index is 543. The average molecular weight is 378 g/mol. The lowest BCUT2D eigenvalue weighted by Gasteiger charge is -2.15. The van der Waals surface area contributed by atoms with Gasteiger partial charge in [-0.3, -0.25) is 0 Å². The van der Waals surface area contributed by atoms with Gasteiger partial charge >= 0.3 is 0 Å². The number of hydrogen-bond donors (Lipinski definition) is 1. The lowest BCUT2D eigenvalue weighted by Crippen LogP contribution is -2.13. The summed E-state index contributed by atoms with van der Waals surface area (Å²) in [5.41, 5.74) is 8.23. The van der Waals surface area contributed by atoms with Gasteiger partial charge in [-0.05, 0) is 64.0 Å². The van der Waals surface area contributed by atoms with Gasteiger partial charge in [-0.15, -0.1) is 0 Å². The van der Waals surface area contributed by atoms with Crippen molar-refractivity contribution in [3.05, 3.63) is 67.2 Å². The molecule has 1 unspecified atom stereocenters. The van der Waals surface area contributed by atoms with Gasteiger partial charge in [-0.25, -0.2) is 0 Å². The monoisotopic (exact) mass is 377 g/mol. The highest BCUT2D eigenvalue weighted by Crippen LogP contribution is 2.28. The Morgan fingerprint density at radius 1 is 1.00 bits per heavy atom. The van der Waals surface area contributed by atoms with E-state index in [1.54, 1.807) is 0 Å². The van der Waals surface area contributed by atoms with E-state index in [2.05, 4.69) is 22.6 Å². The molecule has 0 saturated carbocycles. The molecule has 0 heterocycles. The predicted molar refractivity (Wildman–Crippen MR) is 81.7 cm³/mol. The number of benzene rings is 2. The second-order valence-corrected chi connectivity index (χ2v) is 5.73. The van der Waals surface area contributed by atoms with Gasteiger partial charge in [0.25, 0.3) is 0 Å². The van der Waals surface area contributed by atoms with Crippen LogP contribution in [0.4, 0.5) is 0 Å². The largest absolute Gasteiger partial charge is 0.320 e. The molecule has 88 valence electrons. The van der Waals surface area contributed by atoms with E-state index in [9.17, 15) is 0 Å². The van der Waals surface area contributed by atoms with Crippen LogP contribution in [0.25, 0.3) is 0 Å². The van der Waals surface area contributed by atoms with Crippen molar-refractivity contribution >= 4 is 45.8 Å². The Morgan fingerprint density at radius 3 is 2.41 bits per heavy atom. The molecule has 0 bridgehead atoms. The normalized spacial score (nSPS) is 12.5. The van der Waals surface area contributed by atoms with Crippen molar-refractivity contribution in [3.8, 4) is 0 Å². The zero-order chi connectivity index (χ0) is 12.4. The number of hydrogen-bond acceptors (Lipinski definition) is 1. The third kappa shape index (κ3) is 3.13. The van der Waals surface area contributed by atoms with Gasteiger partial charge in [-0.2, -0.15) is 0 Å². The summed E-state index contributed by atoms with van der Waals surface area (Å²) in [5.74, 6) is 0. The van der Waals surface area contributed by atoms with Crippen molar-refractivity contribution in [3.63, 3.8) is 0 Å². The van der Waals surface area contributed by atoms with E-state index >= 15 is 0 Å². The van der Waals surface area contributed by atoms with E-state index in [-0.39, 0.29) is 6.04 Å². The molecule has 0 spiro atoms. The summed E-state index contributed by atoms with van der Waals surface area (Å²) in [6.07, 6.45) is 0. The summed E-state index contributed by atoms with van der Waals surface area (Å²) >= 11 is 14.2. The van der Waals surface area contributed by atoms with Crippen molar-refractivity contribution in [1.82, 2.24) is 0 Å². The van der Waals surface area contributed by atoms with Gasteiger partial charge in [-0.1, -0.05) is 35.3 Å². The third-order valence-electron chi connectivity index (χ3n) is 2.50. The molecule has 0 amide bonds. The summed E-state index contributed by atoms with van der Waals surface area (Å²) in [6.45, 7) is 0. The molecule has 17 heavy (non-hydrogen) atoms. The maximum atomic E-state index is 6.23. The van der Waals surface area contributed by atoms with Crippen molar-refractivity contribution < 1.29 is 0 Å². The molecule has 2 rings (SSSR count). The fourth-order valence-corrected chi connectivity index (χ4v) is 2.68. The predicted octanol–water partition coefficient (Wildman–Crippen LogP) is 4.65. The van der Waals surface area contributed by atoms with Crippen LogP contribution >= 0.6 is 45.8 Å². The van der Waals surface area contributed by atoms with Crippen molar-refractivity contribution in [2.45, 2.75) is 6.04 Å². The standard InChI is InChI=1S/C13H10Cl2IN/c14-9-3-1-2-8(6-9)13(17)11-7-10(15)4-5-12(11)16/h1-7,13H,17H2. The van der Waals surface area contributed by atoms with Crippen LogP contribution in [0.3, 0.4) is 0 Å². The van der Waals surface area contributed by atoms with Crippen LogP contribution in [-0.2, 0) is 0 Å². The molecule has 0 saturated heterocycles. The first-order valence-corrected chi connectivity index (χ1v) is 6.87. The van der Waals surface area contributed by atoms with E-state index in [0.29, 0.717) is 10.0 Å². The highest BCUT2D eigenvalue weighted by molar-refractivity contribution is 14.1. The smallest absolute Gasteiger partial charge is 0.0563 e. The minimum atomic E-state index is -0.209. The fraction of sp³-hybridized carbons (Fsp3) is 0.0769. The van der Waals surface area contributed by atoms with Crippen molar-refractivity contribution in [2.24, 2.45) is 5.73 Å². The maximum absolute atomic E-state index is 6.23. The molecule has 2 N–H and O–H groups in total. The molecule has 0 radical (unpaired) electrons. The zero-order valence-corrected chi connectivity index (χ0v) is 12.5. The van der Waals surface area contributed by atoms with Crippen LogP contribution < -0.4 is 5.73 Å². The number of nitrogens with two attached hydrogens (primary N) is 1. The summed E-state index contributed by atoms with van der Waals surface area (Å²) in [5, 5.41) is 1.38. The van der Waals surface area contributed by atoms with Gasteiger partial charge in [0.15, 0.2) is 0 Å². The van der Waals surface area contributed by atoms with Crippen LogP contribution in [0.1, 0.15) is 17.2 Å². The van der Waals surface area contributed by atoms with E-state index in [1.165, 1.54) is 0 Å². The van der Waals surface area contributed by atoms with E-state index in [1.807, 2.05) is 42.5 Å². The van der Waals surface area contributed by atoms with Gasteiger partial charge < -0.3 is 5.73 Å². The van der Waals surface area contributed by atoms with Crippen molar-refractivity contribution in [2.75, 3.05) is 0 Å². The fourth-order valence-electron chi connectivity index (χ4n) is 1.63. The Balaban J connectivity index is 2.43. The average Bonchev–Trinajstić information content (AvgIpc) is 2.31. The van der Waals surface area contributed by atoms with Crippen LogP contribution in [0.2, 0.25) is 10.0 Å². The van der Waals surface area contributed by atoms with Crippen LogP contribution in [0, 0.1) is 3.57 Å². The first kappa shape index (κ1) is 13.1. The molecule has 0 fully saturated rings. The summed E-state index contributed by atoms with van der Waals surface area (Å²) in [6, 6.07) is 13.1. The summed E-state index contributed by atoms with van der Waals surface area (Å²) in [7, 11) is 0. The molecule has 4 heteroatoms. The quantitative estimate of drug-likeness (QED) is 0.757.